The molecule has 0 aromatic carbocycles. The summed E-state index contributed by atoms with van der Waals surface area (Å²) in [6.45, 7) is 0. The molecule has 0 spiro atoms. The molecule has 3 nitrogen and oxygen atoms in total. The number of rotatable bonds is 2. The van der Waals surface area contributed by atoms with Crippen LogP contribution in [0, 0.1) is 0 Å². The van der Waals surface area contributed by atoms with E-state index in [1.807, 2.05) is 0 Å². The van der Waals surface area contributed by atoms with Gasteiger partial charge in [-0.15, -0.1) is 0 Å². The minimum Gasteiger partial charge on any atom is -0.463 e. The maximum absolute atomic E-state index is 10.5. The first-order chi connectivity index (χ1) is 6.40. The Morgan fingerprint density at radius 3 is 3.00 bits per heavy atom. The number of hydrogen-bond acceptors (Lipinski definition) is 3. The number of aldehydes is 1. The Morgan fingerprint density at radius 2 is 2.31 bits per heavy atom. The van der Waals surface area contributed by atoms with Gasteiger partial charge in [-0.25, -0.2) is 0 Å². The molecule has 0 unspecified atom stereocenters. The van der Waals surface area contributed by atoms with Gasteiger partial charge in [0.15, 0.2) is 5.76 Å². The van der Waals surface area contributed by atoms with Gasteiger partial charge < -0.3 is 4.42 Å². The number of nitrogens with zero attached hydrogens (tertiary/aromatic N) is 1. The third kappa shape index (κ3) is 1.49. The van der Waals surface area contributed by atoms with E-state index in [0.717, 1.165) is 6.29 Å². The van der Waals surface area contributed by atoms with Gasteiger partial charge in [0, 0.05) is 11.8 Å². The molecule has 0 fully saturated rings. The van der Waals surface area contributed by atoms with Gasteiger partial charge in [-0.1, -0.05) is 0 Å². The molecule has 64 valence electrons. The molecular formula is C10H7NO2. The number of pyridine rings is 1. The summed E-state index contributed by atoms with van der Waals surface area (Å²) < 4.78 is 5.14. The van der Waals surface area contributed by atoms with Crippen LogP contribution in [0.1, 0.15) is 10.4 Å². The van der Waals surface area contributed by atoms with Crippen LogP contribution in [-0.4, -0.2) is 11.3 Å². The molecule has 0 saturated heterocycles. The second-order valence-corrected chi connectivity index (χ2v) is 2.57. The molecule has 2 heterocycles. The third-order valence-corrected chi connectivity index (χ3v) is 1.69. The van der Waals surface area contributed by atoms with Crippen molar-refractivity contribution < 1.29 is 9.21 Å². The van der Waals surface area contributed by atoms with E-state index in [9.17, 15) is 4.79 Å². The van der Waals surface area contributed by atoms with Crippen LogP contribution in [0.2, 0.25) is 0 Å². The topological polar surface area (TPSA) is 43.1 Å². The van der Waals surface area contributed by atoms with E-state index in [2.05, 4.69) is 4.98 Å². The van der Waals surface area contributed by atoms with E-state index in [4.69, 9.17) is 4.42 Å². The summed E-state index contributed by atoms with van der Waals surface area (Å²) in [6, 6.07) is 6.92. The number of hydrogen-bond donors (Lipinski definition) is 0. The van der Waals surface area contributed by atoms with Gasteiger partial charge in [-0.3, -0.25) is 9.78 Å². The Morgan fingerprint density at radius 1 is 1.38 bits per heavy atom. The maximum Gasteiger partial charge on any atom is 0.152 e. The molecule has 13 heavy (non-hydrogen) atoms. The fourth-order valence-electron chi connectivity index (χ4n) is 1.08. The Bertz CT molecular complexity index is 407. The summed E-state index contributed by atoms with van der Waals surface area (Å²) in [5.41, 5.74) is 1.27. The normalized spacial score (nSPS) is 9.85. The Hall–Kier alpha value is -1.90. The van der Waals surface area contributed by atoms with E-state index in [0.29, 0.717) is 17.0 Å². The van der Waals surface area contributed by atoms with E-state index >= 15 is 0 Å². The zero-order valence-electron chi connectivity index (χ0n) is 6.81. The van der Waals surface area contributed by atoms with E-state index in [1.54, 1.807) is 36.7 Å². The molecule has 0 atom stereocenters. The van der Waals surface area contributed by atoms with Crippen molar-refractivity contribution in [1.29, 1.82) is 0 Å². The van der Waals surface area contributed by atoms with E-state index in [-0.39, 0.29) is 0 Å². The van der Waals surface area contributed by atoms with Crippen LogP contribution in [0.4, 0.5) is 0 Å². The quantitative estimate of drug-likeness (QED) is 0.653. The lowest BCUT2D eigenvalue weighted by Gasteiger charge is -1.95. The Labute approximate surface area is 75.0 Å². The second kappa shape index (κ2) is 3.23. The van der Waals surface area contributed by atoms with Gasteiger partial charge in [0.2, 0.25) is 0 Å². The second-order valence-electron chi connectivity index (χ2n) is 2.57. The molecule has 2 rings (SSSR count). The monoisotopic (exact) mass is 173 g/mol. The molecule has 2 aromatic heterocycles. The number of aromatic nitrogens is 1. The molecule has 0 aliphatic heterocycles. The van der Waals surface area contributed by atoms with Crippen LogP contribution >= 0.6 is 0 Å². The summed E-state index contributed by atoms with van der Waals surface area (Å²) in [4.78, 5) is 14.5. The summed E-state index contributed by atoms with van der Waals surface area (Å²) in [6.07, 6.45) is 3.94. The average molecular weight is 173 g/mol. The van der Waals surface area contributed by atoms with E-state index in [1.165, 1.54) is 0 Å². The van der Waals surface area contributed by atoms with Crippen molar-refractivity contribution in [2.45, 2.75) is 0 Å². The first-order valence-corrected chi connectivity index (χ1v) is 3.85. The molecule has 0 aliphatic rings. The van der Waals surface area contributed by atoms with Crippen LogP contribution in [0.25, 0.3) is 11.5 Å². The third-order valence-electron chi connectivity index (χ3n) is 1.69. The molecule has 2 aromatic rings. The highest BCUT2D eigenvalue weighted by Gasteiger charge is 2.01. The molecular weight excluding hydrogens is 166 g/mol. The smallest absolute Gasteiger partial charge is 0.152 e. The van der Waals surface area contributed by atoms with Crippen molar-refractivity contribution in [3.05, 3.63) is 42.3 Å². The minimum absolute atomic E-state index is 0.599. The van der Waals surface area contributed by atoms with Gasteiger partial charge in [-0.05, 0) is 24.3 Å². The zero-order valence-corrected chi connectivity index (χ0v) is 6.81. The first kappa shape index (κ1) is 7.73. The standard InChI is InChI=1S/C10H7NO2/c12-7-8-3-4-11-9(6-8)10-2-1-5-13-10/h1-7H. The van der Waals surface area contributed by atoms with Gasteiger partial charge >= 0.3 is 0 Å². The lowest BCUT2D eigenvalue weighted by molar-refractivity contribution is 0.112. The van der Waals surface area contributed by atoms with Crippen molar-refractivity contribution in [2.75, 3.05) is 0 Å². The van der Waals surface area contributed by atoms with Gasteiger partial charge in [-0.2, -0.15) is 0 Å². The first-order valence-electron chi connectivity index (χ1n) is 3.85. The van der Waals surface area contributed by atoms with Gasteiger partial charge in [0.05, 0.1) is 6.26 Å². The van der Waals surface area contributed by atoms with Crippen molar-refractivity contribution >= 4 is 6.29 Å². The predicted molar refractivity (Wildman–Crippen MR) is 47.3 cm³/mol. The summed E-state index contributed by atoms with van der Waals surface area (Å²) >= 11 is 0. The lowest BCUT2D eigenvalue weighted by Crippen LogP contribution is -1.84. The number of carbonyl (C=O) groups excluding carboxylic acids is 1. The largest absolute Gasteiger partial charge is 0.463 e. The van der Waals surface area contributed by atoms with Crippen molar-refractivity contribution in [3.63, 3.8) is 0 Å². The molecule has 0 amide bonds. The SMILES string of the molecule is O=Cc1ccnc(-c2ccco2)c1. The molecule has 0 aliphatic carbocycles. The number of carbonyl (C=O) groups is 1. The van der Waals surface area contributed by atoms with Gasteiger partial charge in [0.1, 0.15) is 12.0 Å². The lowest BCUT2D eigenvalue weighted by atomic mass is 10.2. The van der Waals surface area contributed by atoms with Crippen molar-refractivity contribution in [1.82, 2.24) is 4.98 Å². The highest BCUT2D eigenvalue weighted by atomic mass is 16.3. The van der Waals surface area contributed by atoms with Crippen LogP contribution in [0.3, 0.4) is 0 Å². The van der Waals surface area contributed by atoms with Gasteiger partial charge in [0.25, 0.3) is 0 Å². The Balaban J connectivity index is 2.47. The summed E-state index contributed by atoms with van der Waals surface area (Å²) in [5.74, 6) is 0.670. The molecule has 0 radical (unpaired) electrons. The molecule has 0 bridgehead atoms. The minimum atomic E-state index is 0.599. The summed E-state index contributed by atoms with van der Waals surface area (Å²) in [7, 11) is 0. The highest BCUT2D eigenvalue weighted by molar-refractivity contribution is 5.76. The van der Waals surface area contributed by atoms with Crippen molar-refractivity contribution in [3.8, 4) is 11.5 Å². The number of furan rings is 1. The van der Waals surface area contributed by atoms with Crippen molar-refractivity contribution in [2.24, 2.45) is 0 Å². The van der Waals surface area contributed by atoms with Crippen LogP contribution in [0.15, 0.2) is 41.1 Å². The molecule has 0 saturated carbocycles. The highest BCUT2D eigenvalue weighted by Crippen LogP contribution is 2.17. The average Bonchev–Trinajstić information content (AvgIpc) is 2.71. The summed E-state index contributed by atoms with van der Waals surface area (Å²) in [5, 5.41) is 0. The fourth-order valence-corrected chi connectivity index (χ4v) is 1.08. The van der Waals surface area contributed by atoms with Crippen LogP contribution in [-0.2, 0) is 0 Å². The molecule has 3 heteroatoms. The molecule has 0 N–H and O–H groups in total. The zero-order chi connectivity index (χ0) is 9.10. The fraction of sp³-hybridized carbons (Fsp3) is 0. The Kier molecular flexibility index (Phi) is 1.92. The maximum atomic E-state index is 10.5. The van der Waals surface area contributed by atoms with E-state index < -0.39 is 0 Å². The van der Waals surface area contributed by atoms with Crippen LogP contribution < -0.4 is 0 Å². The van der Waals surface area contributed by atoms with Crippen LogP contribution in [0.5, 0.6) is 0 Å². The predicted octanol–water partition coefficient (Wildman–Crippen LogP) is 2.15.